The highest BCUT2D eigenvalue weighted by Crippen LogP contribution is 2.30. The Labute approximate surface area is 162 Å². The van der Waals surface area contributed by atoms with Crippen LogP contribution < -0.4 is 20.1 Å². The monoisotopic (exact) mass is 383 g/mol. The molecule has 0 bridgehead atoms. The summed E-state index contributed by atoms with van der Waals surface area (Å²) in [4.78, 5) is 17.0. The number of hydrogen-bond donors (Lipinski definition) is 2. The van der Waals surface area contributed by atoms with Crippen molar-refractivity contribution in [2.75, 3.05) is 24.9 Å². The summed E-state index contributed by atoms with van der Waals surface area (Å²) in [5, 5.41) is 8.50. The lowest BCUT2D eigenvalue weighted by Crippen LogP contribution is -2.32. The number of nitrogens with zero attached hydrogens (tertiary/aromatic N) is 1. The summed E-state index contributed by atoms with van der Waals surface area (Å²) in [6.45, 7) is 1.78. The lowest BCUT2D eigenvalue weighted by atomic mass is 10.2. The second-order valence-corrected chi connectivity index (χ2v) is 6.68. The van der Waals surface area contributed by atoms with Crippen LogP contribution >= 0.6 is 11.3 Å². The summed E-state index contributed by atoms with van der Waals surface area (Å²) in [6.07, 6.45) is 0. The first-order chi connectivity index (χ1) is 13.1. The highest BCUT2D eigenvalue weighted by atomic mass is 32.1. The molecule has 7 heteroatoms. The Balaban J connectivity index is 1.65. The van der Waals surface area contributed by atoms with Crippen molar-refractivity contribution < 1.29 is 14.3 Å². The summed E-state index contributed by atoms with van der Waals surface area (Å²) in [5.74, 6) is 1.11. The number of aromatic nitrogens is 1. The predicted octanol–water partition coefficient (Wildman–Crippen LogP) is 4.27. The van der Waals surface area contributed by atoms with Gasteiger partial charge in [0.05, 0.1) is 25.6 Å². The molecule has 1 heterocycles. The fourth-order valence-corrected chi connectivity index (χ4v) is 3.23. The number of amides is 1. The van der Waals surface area contributed by atoms with Gasteiger partial charge in [-0.15, -0.1) is 11.3 Å². The van der Waals surface area contributed by atoms with Gasteiger partial charge in [0.25, 0.3) is 0 Å². The van der Waals surface area contributed by atoms with Crippen LogP contribution in [-0.2, 0) is 4.79 Å². The van der Waals surface area contributed by atoms with E-state index in [1.807, 2.05) is 47.8 Å². The van der Waals surface area contributed by atoms with Crippen molar-refractivity contribution in [3.63, 3.8) is 0 Å². The molecule has 1 amide bonds. The van der Waals surface area contributed by atoms with E-state index in [1.54, 1.807) is 27.2 Å². The van der Waals surface area contributed by atoms with Crippen LogP contribution in [0.4, 0.5) is 10.8 Å². The van der Waals surface area contributed by atoms with Gasteiger partial charge < -0.3 is 20.1 Å². The van der Waals surface area contributed by atoms with E-state index in [4.69, 9.17) is 9.47 Å². The fourth-order valence-electron chi connectivity index (χ4n) is 2.50. The van der Waals surface area contributed by atoms with Gasteiger partial charge in [0.15, 0.2) is 5.13 Å². The third-order valence-corrected chi connectivity index (χ3v) is 4.74. The largest absolute Gasteiger partial charge is 0.497 e. The minimum atomic E-state index is -0.476. The SMILES string of the molecule is COc1ccc(NC(C)C(=O)Nc2nc(-c3ccccc3)cs2)c(OC)c1. The van der Waals surface area contributed by atoms with Crippen LogP contribution in [0.2, 0.25) is 0 Å². The Kier molecular flexibility index (Phi) is 5.93. The van der Waals surface area contributed by atoms with E-state index in [2.05, 4.69) is 15.6 Å². The summed E-state index contributed by atoms with van der Waals surface area (Å²) in [6, 6.07) is 14.8. The summed E-state index contributed by atoms with van der Waals surface area (Å²) in [7, 11) is 3.17. The Morgan fingerprint density at radius 3 is 2.59 bits per heavy atom. The fraction of sp³-hybridized carbons (Fsp3) is 0.200. The Hall–Kier alpha value is -3.06. The predicted molar refractivity (Wildman–Crippen MR) is 109 cm³/mol. The molecule has 27 heavy (non-hydrogen) atoms. The van der Waals surface area contributed by atoms with Crippen molar-refractivity contribution in [1.29, 1.82) is 0 Å². The molecule has 2 N–H and O–H groups in total. The van der Waals surface area contributed by atoms with Gasteiger partial charge >= 0.3 is 0 Å². The van der Waals surface area contributed by atoms with Crippen LogP contribution in [-0.4, -0.2) is 31.2 Å². The standard InChI is InChI=1S/C20H21N3O3S/c1-13(21-16-10-9-15(25-2)11-18(16)26-3)19(24)23-20-22-17(12-27-20)14-7-5-4-6-8-14/h4-13,21H,1-3H3,(H,22,23,24). The maximum absolute atomic E-state index is 12.5. The van der Waals surface area contributed by atoms with E-state index in [0.717, 1.165) is 11.3 Å². The molecule has 6 nitrogen and oxygen atoms in total. The number of methoxy groups -OCH3 is 2. The smallest absolute Gasteiger partial charge is 0.248 e. The molecule has 0 radical (unpaired) electrons. The average molecular weight is 383 g/mol. The highest BCUT2D eigenvalue weighted by Gasteiger charge is 2.17. The number of thiazole rings is 1. The molecular weight excluding hydrogens is 362 g/mol. The zero-order valence-electron chi connectivity index (χ0n) is 15.4. The highest BCUT2D eigenvalue weighted by molar-refractivity contribution is 7.14. The van der Waals surface area contributed by atoms with E-state index in [-0.39, 0.29) is 5.91 Å². The van der Waals surface area contributed by atoms with Gasteiger partial charge in [-0.1, -0.05) is 30.3 Å². The van der Waals surface area contributed by atoms with Gasteiger partial charge in [-0.3, -0.25) is 4.79 Å². The quantitative estimate of drug-likeness (QED) is 0.638. The topological polar surface area (TPSA) is 72.5 Å². The number of ether oxygens (including phenoxy) is 2. The minimum Gasteiger partial charge on any atom is -0.497 e. The molecular formula is C20H21N3O3S. The molecule has 1 unspecified atom stereocenters. The van der Waals surface area contributed by atoms with Crippen LogP contribution in [0.15, 0.2) is 53.9 Å². The summed E-state index contributed by atoms with van der Waals surface area (Å²) >= 11 is 1.40. The van der Waals surface area contributed by atoms with Gasteiger partial charge in [0, 0.05) is 17.0 Å². The van der Waals surface area contributed by atoms with Gasteiger partial charge in [-0.25, -0.2) is 4.98 Å². The minimum absolute atomic E-state index is 0.179. The number of nitrogens with one attached hydrogen (secondary N) is 2. The first-order valence-electron chi connectivity index (χ1n) is 8.41. The van der Waals surface area contributed by atoms with Gasteiger partial charge in [-0.05, 0) is 19.1 Å². The van der Waals surface area contributed by atoms with Crippen LogP contribution in [0.5, 0.6) is 11.5 Å². The second-order valence-electron chi connectivity index (χ2n) is 5.83. The van der Waals surface area contributed by atoms with Crippen LogP contribution in [0.1, 0.15) is 6.92 Å². The number of hydrogen-bond acceptors (Lipinski definition) is 6. The van der Waals surface area contributed by atoms with Crippen molar-refractivity contribution in [1.82, 2.24) is 4.98 Å². The summed E-state index contributed by atoms with van der Waals surface area (Å²) < 4.78 is 10.5. The maximum Gasteiger partial charge on any atom is 0.248 e. The Morgan fingerprint density at radius 2 is 1.89 bits per heavy atom. The van der Waals surface area contributed by atoms with Gasteiger partial charge in [0.2, 0.25) is 5.91 Å². The van der Waals surface area contributed by atoms with Crippen LogP contribution in [0.25, 0.3) is 11.3 Å². The molecule has 0 aliphatic rings. The number of anilines is 2. The molecule has 2 aromatic carbocycles. The van der Waals surface area contributed by atoms with Gasteiger partial charge in [-0.2, -0.15) is 0 Å². The maximum atomic E-state index is 12.5. The molecule has 0 aliphatic carbocycles. The number of rotatable bonds is 7. The van der Waals surface area contributed by atoms with Crippen LogP contribution in [0.3, 0.4) is 0 Å². The van der Waals surface area contributed by atoms with Crippen LogP contribution in [0, 0.1) is 0 Å². The molecule has 0 saturated heterocycles. The molecule has 0 aliphatic heterocycles. The van der Waals surface area contributed by atoms with E-state index in [0.29, 0.717) is 22.3 Å². The molecule has 0 fully saturated rings. The van der Waals surface area contributed by atoms with E-state index in [9.17, 15) is 4.79 Å². The van der Waals surface area contributed by atoms with Crippen molar-refractivity contribution in [2.24, 2.45) is 0 Å². The zero-order chi connectivity index (χ0) is 19.2. The molecule has 140 valence electrons. The first-order valence-corrected chi connectivity index (χ1v) is 9.29. The average Bonchev–Trinajstić information content (AvgIpc) is 3.17. The van der Waals surface area contributed by atoms with Crippen molar-refractivity contribution in [2.45, 2.75) is 13.0 Å². The molecule has 0 spiro atoms. The number of benzene rings is 2. The lowest BCUT2D eigenvalue weighted by Gasteiger charge is -2.17. The third kappa shape index (κ3) is 4.57. The first kappa shape index (κ1) is 18.7. The van der Waals surface area contributed by atoms with E-state index < -0.39 is 6.04 Å². The zero-order valence-corrected chi connectivity index (χ0v) is 16.2. The summed E-state index contributed by atoms with van der Waals surface area (Å²) in [5.41, 5.74) is 2.57. The van der Waals surface area contributed by atoms with Gasteiger partial charge in [0.1, 0.15) is 17.5 Å². The second kappa shape index (κ2) is 8.55. The van der Waals surface area contributed by atoms with Crippen molar-refractivity contribution >= 4 is 28.1 Å². The van der Waals surface area contributed by atoms with Crippen molar-refractivity contribution in [3.8, 4) is 22.8 Å². The van der Waals surface area contributed by atoms with E-state index in [1.165, 1.54) is 11.3 Å². The third-order valence-electron chi connectivity index (χ3n) is 3.98. The molecule has 3 rings (SSSR count). The Morgan fingerprint density at radius 1 is 1.11 bits per heavy atom. The Bertz CT molecular complexity index is 912. The molecule has 0 saturated carbocycles. The number of carbonyl (C=O) groups is 1. The van der Waals surface area contributed by atoms with Crippen molar-refractivity contribution in [3.05, 3.63) is 53.9 Å². The number of carbonyl (C=O) groups excluding carboxylic acids is 1. The molecule has 3 aromatic rings. The molecule has 1 atom stereocenters. The lowest BCUT2D eigenvalue weighted by molar-refractivity contribution is -0.116. The molecule has 1 aromatic heterocycles. The van der Waals surface area contributed by atoms with E-state index >= 15 is 0 Å². The normalized spacial score (nSPS) is 11.5.